The van der Waals surface area contributed by atoms with E-state index >= 15 is 0 Å². The van der Waals surface area contributed by atoms with Crippen LogP contribution < -0.4 is 19.9 Å². The monoisotopic (exact) mass is 555 g/mol. The molecule has 4 aromatic rings. The number of ether oxygens (including phenoxy) is 2. The van der Waals surface area contributed by atoms with Crippen LogP contribution in [0.25, 0.3) is 10.8 Å². The molecule has 212 valence electrons. The summed E-state index contributed by atoms with van der Waals surface area (Å²) < 4.78 is 26.6. The second-order valence-corrected chi connectivity index (χ2v) is 10.8. The molecule has 9 heteroatoms. The van der Waals surface area contributed by atoms with Gasteiger partial charge >= 0.3 is 0 Å². The maximum absolute atomic E-state index is 14.5. The van der Waals surface area contributed by atoms with E-state index in [1.807, 2.05) is 44.2 Å². The van der Waals surface area contributed by atoms with Crippen molar-refractivity contribution in [3.63, 3.8) is 0 Å². The predicted molar refractivity (Wildman–Crippen MR) is 159 cm³/mol. The number of morpholine rings is 1. The molecule has 1 N–H and O–H groups in total. The fraction of sp³-hybridized carbons (Fsp3) is 0.344. The number of fused-ring (bicyclic) bond motifs is 1. The molecule has 0 aliphatic carbocycles. The van der Waals surface area contributed by atoms with Crippen LogP contribution in [0, 0.1) is 5.82 Å². The Labute approximate surface area is 239 Å². The summed E-state index contributed by atoms with van der Waals surface area (Å²) in [7, 11) is 0. The number of halogens is 1. The Balaban J connectivity index is 1.24. The van der Waals surface area contributed by atoms with Gasteiger partial charge in [-0.2, -0.15) is 4.98 Å². The minimum atomic E-state index is -0.419. The highest BCUT2D eigenvalue weighted by molar-refractivity contribution is 6.10. The maximum Gasteiger partial charge on any atom is 0.255 e. The zero-order chi connectivity index (χ0) is 28.3. The van der Waals surface area contributed by atoms with Crippen molar-refractivity contribution in [3.8, 4) is 11.6 Å². The van der Waals surface area contributed by atoms with E-state index in [1.165, 1.54) is 18.6 Å². The summed E-state index contributed by atoms with van der Waals surface area (Å²) >= 11 is 0. The van der Waals surface area contributed by atoms with Gasteiger partial charge < -0.3 is 24.6 Å². The Morgan fingerprint density at radius 2 is 1.71 bits per heavy atom. The molecule has 0 saturated carbocycles. The Morgan fingerprint density at radius 3 is 2.49 bits per heavy atom. The second kappa shape index (κ2) is 11.7. The van der Waals surface area contributed by atoms with Gasteiger partial charge in [-0.25, -0.2) is 9.37 Å². The molecule has 2 aliphatic rings. The van der Waals surface area contributed by atoms with Crippen molar-refractivity contribution in [1.82, 2.24) is 9.97 Å². The van der Waals surface area contributed by atoms with Crippen LogP contribution in [0.2, 0.25) is 0 Å². The Hall–Kier alpha value is -4.24. The molecule has 0 bridgehead atoms. The lowest BCUT2D eigenvalue weighted by Gasteiger charge is -2.35. The van der Waals surface area contributed by atoms with Gasteiger partial charge in [0.2, 0.25) is 11.8 Å². The van der Waals surface area contributed by atoms with E-state index in [0.29, 0.717) is 36.4 Å². The highest BCUT2D eigenvalue weighted by Crippen LogP contribution is 2.35. The van der Waals surface area contributed by atoms with Crippen LogP contribution in [0.15, 0.2) is 66.9 Å². The number of nitrogens with one attached hydrogen (secondary N) is 1. The summed E-state index contributed by atoms with van der Waals surface area (Å²) in [5.74, 6) is 0.837. The molecule has 41 heavy (non-hydrogen) atoms. The molecule has 1 aromatic heterocycles. The number of carbonyl (C=O) groups is 1. The normalized spacial score (nSPS) is 19.3. The molecular formula is C32H34FN5O3. The second-order valence-electron chi connectivity index (χ2n) is 10.8. The van der Waals surface area contributed by atoms with Gasteiger partial charge in [-0.3, -0.25) is 4.79 Å². The van der Waals surface area contributed by atoms with E-state index in [0.717, 1.165) is 42.4 Å². The number of amides is 1. The van der Waals surface area contributed by atoms with Gasteiger partial charge in [-0.15, -0.1) is 0 Å². The third-order valence-corrected chi connectivity index (χ3v) is 7.53. The fourth-order valence-electron chi connectivity index (χ4n) is 5.70. The molecule has 2 saturated heterocycles. The van der Waals surface area contributed by atoms with Crippen LogP contribution in [-0.2, 0) is 4.74 Å². The van der Waals surface area contributed by atoms with Crippen LogP contribution in [0.5, 0.6) is 11.6 Å². The topological polar surface area (TPSA) is 79.8 Å². The third-order valence-electron chi connectivity index (χ3n) is 7.53. The SMILES string of the molecule is C[C@@H]1CN(c2nccc(Oc3ccc(NC(=O)c4cc(F)cc(N5CCCCC5)c4)c4ccccc34)n2)C[C@H](C)O1. The van der Waals surface area contributed by atoms with E-state index in [1.54, 1.807) is 24.4 Å². The Morgan fingerprint density at radius 1 is 0.951 bits per heavy atom. The van der Waals surface area contributed by atoms with Crippen molar-refractivity contribution in [1.29, 1.82) is 0 Å². The summed E-state index contributed by atoms with van der Waals surface area (Å²) in [6, 6.07) is 17.6. The number of nitrogens with zero attached hydrogens (tertiary/aromatic N) is 4. The van der Waals surface area contributed by atoms with E-state index in [-0.39, 0.29) is 23.7 Å². The summed E-state index contributed by atoms with van der Waals surface area (Å²) in [6.07, 6.45) is 5.18. The van der Waals surface area contributed by atoms with Crippen LogP contribution in [0.1, 0.15) is 43.5 Å². The first-order valence-electron chi connectivity index (χ1n) is 14.2. The minimum Gasteiger partial charge on any atom is -0.438 e. The molecule has 2 aliphatic heterocycles. The van der Waals surface area contributed by atoms with Crippen LogP contribution >= 0.6 is 0 Å². The molecule has 3 heterocycles. The number of carbonyl (C=O) groups excluding carboxylic acids is 1. The molecule has 0 spiro atoms. The quantitative estimate of drug-likeness (QED) is 0.294. The van der Waals surface area contributed by atoms with Crippen LogP contribution in [0.3, 0.4) is 0 Å². The zero-order valence-corrected chi connectivity index (χ0v) is 23.3. The van der Waals surface area contributed by atoms with E-state index < -0.39 is 5.82 Å². The highest BCUT2D eigenvalue weighted by Gasteiger charge is 2.24. The molecule has 0 radical (unpaired) electrons. The van der Waals surface area contributed by atoms with Crippen molar-refractivity contribution in [2.45, 2.75) is 45.3 Å². The number of benzene rings is 3. The molecule has 1 amide bonds. The first-order chi connectivity index (χ1) is 19.9. The van der Waals surface area contributed by atoms with Crippen molar-refractivity contribution < 1.29 is 18.7 Å². The van der Waals surface area contributed by atoms with Crippen molar-refractivity contribution in [2.75, 3.05) is 41.3 Å². The Bertz CT molecular complexity index is 1550. The largest absolute Gasteiger partial charge is 0.438 e. The lowest BCUT2D eigenvalue weighted by molar-refractivity contribution is -0.00575. The number of anilines is 3. The number of aromatic nitrogens is 2. The van der Waals surface area contributed by atoms with Crippen molar-refractivity contribution in [2.24, 2.45) is 0 Å². The molecular weight excluding hydrogens is 521 g/mol. The average Bonchev–Trinajstić information content (AvgIpc) is 2.98. The van der Waals surface area contributed by atoms with E-state index in [4.69, 9.17) is 9.47 Å². The minimum absolute atomic E-state index is 0.0855. The number of piperidine rings is 1. The maximum atomic E-state index is 14.5. The van der Waals surface area contributed by atoms with Gasteiger partial charge in [0.25, 0.3) is 5.91 Å². The smallest absolute Gasteiger partial charge is 0.255 e. The first-order valence-corrected chi connectivity index (χ1v) is 14.2. The lowest BCUT2D eigenvalue weighted by Crippen LogP contribution is -2.46. The summed E-state index contributed by atoms with van der Waals surface area (Å²) in [5, 5.41) is 4.60. The molecule has 2 atom stereocenters. The summed E-state index contributed by atoms with van der Waals surface area (Å²) in [4.78, 5) is 26.7. The highest BCUT2D eigenvalue weighted by atomic mass is 19.1. The van der Waals surface area contributed by atoms with Crippen LogP contribution in [-0.4, -0.2) is 54.3 Å². The van der Waals surface area contributed by atoms with E-state index in [2.05, 4.69) is 25.1 Å². The summed E-state index contributed by atoms with van der Waals surface area (Å²) in [6.45, 7) is 7.23. The van der Waals surface area contributed by atoms with Gasteiger partial charge in [-0.1, -0.05) is 24.3 Å². The predicted octanol–water partition coefficient (Wildman–Crippen LogP) is 6.42. The van der Waals surface area contributed by atoms with Gasteiger partial charge in [0.15, 0.2) is 0 Å². The van der Waals surface area contributed by atoms with Crippen LogP contribution in [0.4, 0.5) is 21.7 Å². The Kier molecular flexibility index (Phi) is 7.69. The standard InChI is InChI=1S/C32H34FN5O3/c1-21-19-38(20-22(2)40-21)32-34-13-12-30(36-32)41-29-11-10-28(26-8-4-5-9-27(26)29)35-31(39)23-16-24(33)18-25(17-23)37-14-6-3-7-15-37/h4-5,8-13,16-18,21-22H,3,6-7,14-15,19-20H2,1-2H3,(H,35,39)/t21-,22+. The molecule has 6 rings (SSSR count). The number of hydrogen-bond acceptors (Lipinski definition) is 7. The van der Waals surface area contributed by atoms with Gasteiger partial charge in [-0.05, 0) is 63.4 Å². The van der Waals surface area contributed by atoms with Crippen molar-refractivity contribution >= 4 is 34.0 Å². The number of hydrogen-bond donors (Lipinski definition) is 1. The molecule has 2 fully saturated rings. The molecule has 0 unspecified atom stereocenters. The third kappa shape index (κ3) is 6.10. The fourth-order valence-corrected chi connectivity index (χ4v) is 5.70. The zero-order valence-electron chi connectivity index (χ0n) is 23.3. The summed E-state index contributed by atoms with van der Waals surface area (Å²) in [5.41, 5.74) is 1.64. The van der Waals surface area contributed by atoms with Gasteiger partial charge in [0.05, 0.1) is 12.2 Å². The first kappa shape index (κ1) is 27.0. The number of rotatable bonds is 6. The van der Waals surface area contributed by atoms with Gasteiger partial charge in [0, 0.05) is 66.2 Å². The lowest BCUT2D eigenvalue weighted by atomic mass is 10.1. The van der Waals surface area contributed by atoms with Crippen molar-refractivity contribution in [3.05, 3.63) is 78.2 Å². The average molecular weight is 556 g/mol. The van der Waals surface area contributed by atoms with Gasteiger partial charge in [0.1, 0.15) is 11.6 Å². The molecule has 8 nitrogen and oxygen atoms in total. The molecule has 3 aromatic carbocycles. The van der Waals surface area contributed by atoms with E-state index in [9.17, 15) is 9.18 Å².